The number of aliphatic hydroxyl groups is 1. The van der Waals surface area contributed by atoms with Gasteiger partial charge in [-0.15, -0.1) is 0 Å². The van der Waals surface area contributed by atoms with Gasteiger partial charge in [0, 0.05) is 44.5 Å². The minimum absolute atomic E-state index is 0.0741. The predicted octanol–water partition coefficient (Wildman–Crippen LogP) is 0.896. The van der Waals surface area contributed by atoms with Crippen molar-refractivity contribution in [3.63, 3.8) is 0 Å². The van der Waals surface area contributed by atoms with Gasteiger partial charge in [0.2, 0.25) is 5.95 Å². The lowest BCUT2D eigenvalue weighted by molar-refractivity contribution is 0.0269. The largest absolute Gasteiger partial charge is 0.391 e. The van der Waals surface area contributed by atoms with Crippen LogP contribution in [0.1, 0.15) is 26.5 Å². The zero-order chi connectivity index (χ0) is 15.6. The summed E-state index contributed by atoms with van der Waals surface area (Å²) in [4.78, 5) is 13.0. The Bertz CT molecular complexity index is 457. The second-order valence-electron chi connectivity index (χ2n) is 6.90. The van der Waals surface area contributed by atoms with Gasteiger partial charge in [-0.25, -0.2) is 4.98 Å². The molecule has 1 aliphatic heterocycles. The molecule has 0 amide bonds. The molecule has 0 aromatic carbocycles. The molecule has 0 spiro atoms. The molecule has 3 N–H and O–H groups in total. The number of hydrogen-bond donors (Lipinski definition) is 2. The van der Waals surface area contributed by atoms with Crippen molar-refractivity contribution >= 4 is 11.8 Å². The molecular formula is C15H27N5O. The van der Waals surface area contributed by atoms with E-state index in [0.717, 1.165) is 44.2 Å². The second-order valence-corrected chi connectivity index (χ2v) is 6.90. The maximum Gasteiger partial charge on any atom is 0.222 e. The average molecular weight is 293 g/mol. The lowest BCUT2D eigenvalue weighted by Crippen LogP contribution is -2.50. The molecule has 21 heavy (non-hydrogen) atoms. The van der Waals surface area contributed by atoms with Crippen LogP contribution in [0.2, 0.25) is 0 Å². The van der Waals surface area contributed by atoms with Gasteiger partial charge in [-0.3, -0.25) is 4.90 Å². The minimum Gasteiger partial charge on any atom is -0.391 e. The van der Waals surface area contributed by atoms with Gasteiger partial charge in [0.25, 0.3) is 0 Å². The molecule has 0 radical (unpaired) electrons. The monoisotopic (exact) mass is 293 g/mol. The summed E-state index contributed by atoms with van der Waals surface area (Å²) >= 11 is 0. The molecule has 1 aromatic heterocycles. The summed E-state index contributed by atoms with van der Waals surface area (Å²) < 4.78 is 0. The van der Waals surface area contributed by atoms with E-state index in [4.69, 9.17) is 5.73 Å². The van der Waals surface area contributed by atoms with Crippen LogP contribution in [0.25, 0.3) is 0 Å². The smallest absolute Gasteiger partial charge is 0.222 e. The zero-order valence-electron chi connectivity index (χ0n) is 13.5. The number of nitrogens with two attached hydrogens (primary N) is 1. The highest BCUT2D eigenvalue weighted by Crippen LogP contribution is 2.21. The summed E-state index contributed by atoms with van der Waals surface area (Å²) in [6.07, 6.45) is -0.305. The SMILES string of the molecule is Cc1cc(N2CCN(C[C@@H](O)C(C)(C)C)CC2)nc(N)n1. The number of aliphatic hydroxyl groups excluding tert-OH is 1. The third-order valence-corrected chi connectivity index (χ3v) is 3.99. The number of aromatic nitrogens is 2. The topological polar surface area (TPSA) is 78.5 Å². The minimum atomic E-state index is -0.305. The van der Waals surface area contributed by atoms with E-state index in [0.29, 0.717) is 5.95 Å². The van der Waals surface area contributed by atoms with Crippen molar-refractivity contribution in [2.24, 2.45) is 5.41 Å². The Balaban J connectivity index is 1.91. The van der Waals surface area contributed by atoms with E-state index in [1.807, 2.05) is 13.0 Å². The Morgan fingerprint density at radius 3 is 2.38 bits per heavy atom. The van der Waals surface area contributed by atoms with E-state index in [1.54, 1.807) is 0 Å². The molecule has 0 saturated carbocycles. The van der Waals surface area contributed by atoms with Crippen LogP contribution in [0, 0.1) is 12.3 Å². The first-order valence-electron chi connectivity index (χ1n) is 7.52. The normalized spacial score (nSPS) is 18.8. The van der Waals surface area contributed by atoms with E-state index in [1.165, 1.54) is 0 Å². The van der Waals surface area contributed by atoms with Gasteiger partial charge >= 0.3 is 0 Å². The standard InChI is InChI=1S/C15H27N5O/c1-11-9-13(18-14(16)17-11)20-7-5-19(6-8-20)10-12(21)15(2,3)4/h9,12,21H,5-8,10H2,1-4H3,(H2,16,17,18)/t12-/m1/s1. The summed E-state index contributed by atoms with van der Waals surface area (Å²) in [5.41, 5.74) is 6.53. The molecule has 2 heterocycles. The quantitative estimate of drug-likeness (QED) is 0.862. The molecule has 118 valence electrons. The number of rotatable bonds is 3. The molecule has 6 nitrogen and oxygen atoms in total. The highest BCUT2D eigenvalue weighted by Gasteiger charge is 2.26. The summed E-state index contributed by atoms with van der Waals surface area (Å²) in [6, 6.07) is 1.97. The number of nitrogen functional groups attached to an aromatic ring is 1. The van der Waals surface area contributed by atoms with Crippen LogP contribution in [0.3, 0.4) is 0 Å². The first-order valence-corrected chi connectivity index (χ1v) is 7.52. The van der Waals surface area contributed by atoms with Crippen molar-refractivity contribution in [3.05, 3.63) is 11.8 Å². The maximum atomic E-state index is 10.2. The molecule has 1 saturated heterocycles. The van der Waals surface area contributed by atoms with Gasteiger partial charge < -0.3 is 15.7 Å². The van der Waals surface area contributed by atoms with Crippen molar-refractivity contribution in [1.82, 2.24) is 14.9 Å². The number of aryl methyl sites for hydroxylation is 1. The van der Waals surface area contributed by atoms with Crippen molar-refractivity contribution < 1.29 is 5.11 Å². The Morgan fingerprint density at radius 2 is 1.86 bits per heavy atom. The van der Waals surface area contributed by atoms with Crippen LogP contribution < -0.4 is 10.6 Å². The van der Waals surface area contributed by atoms with Crippen LogP contribution >= 0.6 is 0 Å². The van der Waals surface area contributed by atoms with Gasteiger partial charge in [-0.05, 0) is 12.3 Å². The molecule has 0 aliphatic carbocycles. The van der Waals surface area contributed by atoms with E-state index in [2.05, 4.69) is 40.5 Å². The lowest BCUT2D eigenvalue weighted by Gasteiger charge is -2.38. The predicted molar refractivity (Wildman–Crippen MR) is 85.3 cm³/mol. The van der Waals surface area contributed by atoms with E-state index in [-0.39, 0.29) is 11.5 Å². The fourth-order valence-corrected chi connectivity index (χ4v) is 2.41. The molecule has 0 unspecified atom stereocenters. The first kappa shape index (κ1) is 16.0. The highest BCUT2D eigenvalue weighted by molar-refractivity contribution is 5.43. The molecule has 2 rings (SSSR count). The summed E-state index contributed by atoms with van der Waals surface area (Å²) in [6.45, 7) is 12.5. The molecular weight excluding hydrogens is 266 g/mol. The average Bonchev–Trinajstić information content (AvgIpc) is 2.37. The molecule has 1 atom stereocenters. The number of nitrogens with zero attached hydrogens (tertiary/aromatic N) is 4. The highest BCUT2D eigenvalue weighted by atomic mass is 16.3. The Morgan fingerprint density at radius 1 is 1.24 bits per heavy atom. The van der Waals surface area contributed by atoms with Gasteiger partial charge in [0.05, 0.1) is 6.10 Å². The number of β-amino-alcohol motifs (C(OH)–C–C–N with tert-alkyl or cyclic N) is 1. The summed E-state index contributed by atoms with van der Waals surface area (Å²) in [7, 11) is 0. The Kier molecular flexibility index (Phi) is 4.68. The van der Waals surface area contributed by atoms with E-state index in [9.17, 15) is 5.11 Å². The third-order valence-electron chi connectivity index (χ3n) is 3.99. The molecule has 0 bridgehead atoms. The maximum absolute atomic E-state index is 10.2. The fourth-order valence-electron chi connectivity index (χ4n) is 2.41. The molecule has 1 fully saturated rings. The third kappa shape index (κ3) is 4.28. The molecule has 1 aliphatic rings. The van der Waals surface area contributed by atoms with Gasteiger partial charge in [-0.1, -0.05) is 20.8 Å². The Labute approximate surface area is 127 Å². The van der Waals surface area contributed by atoms with Crippen LogP contribution in [0.15, 0.2) is 6.07 Å². The fraction of sp³-hybridized carbons (Fsp3) is 0.733. The van der Waals surface area contributed by atoms with Crippen LogP contribution in [0.5, 0.6) is 0 Å². The summed E-state index contributed by atoms with van der Waals surface area (Å²) in [5.74, 6) is 1.23. The van der Waals surface area contributed by atoms with Crippen LogP contribution in [-0.4, -0.2) is 58.8 Å². The van der Waals surface area contributed by atoms with Crippen LogP contribution in [0.4, 0.5) is 11.8 Å². The molecule has 6 heteroatoms. The van der Waals surface area contributed by atoms with Crippen molar-refractivity contribution in [3.8, 4) is 0 Å². The van der Waals surface area contributed by atoms with Crippen molar-refractivity contribution in [1.29, 1.82) is 0 Å². The van der Waals surface area contributed by atoms with Crippen LogP contribution in [-0.2, 0) is 0 Å². The van der Waals surface area contributed by atoms with Gasteiger partial charge in [-0.2, -0.15) is 4.98 Å². The Hall–Kier alpha value is -1.40. The summed E-state index contributed by atoms with van der Waals surface area (Å²) in [5, 5.41) is 10.2. The van der Waals surface area contributed by atoms with Gasteiger partial charge in [0.1, 0.15) is 5.82 Å². The van der Waals surface area contributed by atoms with E-state index < -0.39 is 0 Å². The lowest BCUT2D eigenvalue weighted by atomic mass is 9.89. The van der Waals surface area contributed by atoms with Crippen molar-refractivity contribution in [2.75, 3.05) is 43.4 Å². The zero-order valence-corrected chi connectivity index (χ0v) is 13.5. The van der Waals surface area contributed by atoms with Gasteiger partial charge in [0.15, 0.2) is 0 Å². The second kappa shape index (κ2) is 6.15. The number of hydrogen-bond acceptors (Lipinski definition) is 6. The molecule has 1 aromatic rings. The number of anilines is 2. The number of piperazine rings is 1. The van der Waals surface area contributed by atoms with E-state index >= 15 is 0 Å². The van der Waals surface area contributed by atoms with Crippen molar-refractivity contribution in [2.45, 2.75) is 33.8 Å². The first-order chi connectivity index (χ1) is 9.75.